The summed E-state index contributed by atoms with van der Waals surface area (Å²) in [6.45, 7) is 1.73. The number of fused-ring (bicyclic) bond motifs is 1. The summed E-state index contributed by atoms with van der Waals surface area (Å²) in [5.41, 5.74) is 7.20. The second kappa shape index (κ2) is 10.8. The number of nitrogens with zero attached hydrogens (tertiary/aromatic N) is 1. The Kier molecular flexibility index (Phi) is 7.49. The van der Waals surface area contributed by atoms with E-state index >= 15 is 0 Å². The van der Waals surface area contributed by atoms with Crippen LogP contribution < -0.4 is 30.0 Å². The molecule has 1 atom stereocenters. The molecule has 4 rings (SSSR count). The van der Waals surface area contributed by atoms with Gasteiger partial charge >= 0.3 is 11.9 Å². The largest absolute Gasteiger partial charge is 0.496 e. The number of rotatable bonds is 7. The van der Waals surface area contributed by atoms with Gasteiger partial charge in [0, 0.05) is 11.1 Å². The number of benzene rings is 2. The number of carbonyl (C=O) groups excluding carboxylic acids is 2. The van der Waals surface area contributed by atoms with Gasteiger partial charge in [-0.3, -0.25) is 9.36 Å². The fraction of sp³-hybridized carbons (Fsp3) is 0.222. The van der Waals surface area contributed by atoms with Gasteiger partial charge in [0.25, 0.3) is 5.56 Å². The molecule has 0 unspecified atom stereocenters. The molecule has 0 bridgehead atoms. The SMILES string of the molecule is CCOC(=O)C1=C(N)n2c(s/c(=C\c3ccccc3OC)c2=O)=C(C(=O)OC)[C@H]1c1ccccc1OC. The number of thiazole rings is 1. The Morgan fingerprint density at radius 2 is 1.62 bits per heavy atom. The number of methoxy groups -OCH3 is 3. The third-order valence-corrected chi connectivity index (χ3v) is 7.03. The molecule has 2 aromatic carbocycles. The number of esters is 2. The smallest absolute Gasteiger partial charge is 0.338 e. The Hall–Kier alpha value is -4.31. The minimum absolute atomic E-state index is 0.0528. The van der Waals surface area contributed by atoms with Gasteiger partial charge in [0.1, 0.15) is 22.0 Å². The Morgan fingerprint density at radius 1 is 0.973 bits per heavy atom. The van der Waals surface area contributed by atoms with Crippen LogP contribution in [0, 0.1) is 0 Å². The maximum absolute atomic E-state index is 13.6. The van der Waals surface area contributed by atoms with E-state index in [1.54, 1.807) is 49.4 Å². The lowest BCUT2D eigenvalue weighted by molar-refractivity contribution is -0.138. The standard InChI is InChI=1S/C27H26N2O7S/c1-5-36-27(32)21-20(16-11-7-9-13-18(16)34-3)22(26(31)35-4)25-29(23(21)28)24(30)19(37-25)14-15-10-6-8-12-17(15)33-2/h6-14,20H,5,28H2,1-4H3/b19-14-/t20-/m0/s1. The Labute approximate surface area is 216 Å². The highest BCUT2D eigenvalue weighted by Crippen LogP contribution is 2.41. The Bertz CT molecular complexity index is 1580. The van der Waals surface area contributed by atoms with Crippen LogP contribution in [0.1, 0.15) is 24.0 Å². The first-order chi connectivity index (χ1) is 17.9. The highest BCUT2D eigenvalue weighted by atomic mass is 32.1. The van der Waals surface area contributed by atoms with Crippen LogP contribution >= 0.6 is 11.3 Å². The third kappa shape index (κ3) is 4.51. The Morgan fingerprint density at radius 3 is 2.27 bits per heavy atom. The highest BCUT2D eigenvalue weighted by molar-refractivity contribution is 7.07. The van der Waals surface area contributed by atoms with Gasteiger partial charge in [0.05, 0.1) is 49.5 Å². The predicted molar refractivity (Wildman–Crippen MR) is 140 cm³/mol. The normalized spacial score (nSPS) is 15.3. The van der Waals surface area contributed by atoms with Crippen molar-refractivity contribution in [2.75, 3.05) is 27.9 Å². The van der Waals surface area contributed by atoms with E-state index < -0.39 is 23.4 Å². The number of nitrogens with two attached hydrogens (primary N) is 1. The van der Waals surface area contributed by atoms with Gasteiger partial charge in [-0.2, -0.15) is 0 Å². The fourth-order valence-electron chi connectivity index (χ4n) is 4.31. The van der Waals surface area contributed by atoms with Crippen molar-refractivity contribution in [3.8, 4) is 11.5 Å². The summed E-state index contributed by atoms with van der Waals surface area (Å²) in [4.78, 5) is 40.1. The summed E-state index contributed by atoms with van der Waals surface area (Å²) in [5, 5.41) is 0. The molecule has 2 heterocycles. The maximum Gasteiger partial charge on any atom is 0.338 e. The van der Waals surface area contributed by atoms with E-state index in [4.69, 9.17) is 24.7 Å². The molecule has 0 radical (unpaired) electrons. The minimum Gasteiger partial charge on any atom is -0.496 e. The van der Waals surface area contributed by atoms with Crippen LogP contribution in [0.15, 0.2) is 58.9 Å². The maximum atomic E-state index is 13.6. The average Bonchev–Trinajstić information content (AvgIpc) is 3.24. The van der Waals surface area contributed by atoms with Crippen molar-refractivity contribution in [2.45, 2.75) is 12.8 Å². The third-order valence-electron chi connectivity index (χ3n) is 5.92. The van der Waals surface area contributed by atoms with Crippen LogP contribution in [-0.4, -0.2) is 44.4 Å². The second-order valence-corrected chi connectivity index (χ2v) is 8.93. The molecule has 0 saturated heterocycles. The van der Waals surface area contributed by atoms with E-state index in [1.807, 2.05) is 12.1 Å². The van der Waals surface area contributed by atoms with Crippen molar-refractivity contribution in [3.05, 3.63) is 84.8 Å². The van der Waals surface area contributed by atoms with E-state index in [2.05, 4.69) is 0 Å². The molecular formula is C27H26N2O7S. The minimum atomic E-state index is -1.00. The molecule has 3 aromatic rings. The first-order valence-corrected chi connectivity index (χ1v) is 12.2. The molecular weight excluding hydrogens is 496 g/mol. The molecule has 1 aliphatic rings. The lowest BCUT2D eigenvalue weighted by Crippen LogP contribution is -2.41. The van der Waals surface area contributed by atoms with E-state index in [9.17, 15) is 14.4 Å². The number of carbonyl (C=O) groups is 2. The van der Waals surface area contributed by atoms with E-state index in [1.165, 1.54) is 21.3 Å². The topological polar surface area (TPSA) is 119 Å². The van der Waals surface area contributed by atoms with Crippen LogP contribution in [-0.2, 0) is 19.1 Å². The highest BCUT2D eigenvalue weighted by Gasteiger charge is 2.41. The summed E-state index contributed by atoms with van der Waals surface area (Å²) in [6, 6.07) is 14.2. The first kappa shape index (κ1) is 25.8. The molecule has 1 aromatic heterocycles. The van der Waals surface area contributed by atoms with Crippen LogP contribution in [0.2, 0.25) is 0 Å². The zero-order valence-electron chi connectivity index (χ0n) is 20.8. The summed E-state index contributed by atoms with van der Waals surface area (Å²) < 4.78 is 23.1. The zero-order chi connectivity index (χ0) is 26.7. The molecule has 2 N–H and O–H groups in total. The number of aromatic nitrogens is 1. The quantitative estimate of drug-likeness (QED) is 0.465. The molecule has 0 spiro atoms. The molecule has 1 aliphatic heterocycles. The molecule has 0 fully saturated rings. The van der Waals surface area contributed by atoms with E-state index in [0.717, 1.165) is 15.9 Å². The van der Waals surface area contributed by atoms with Gasteiger partial charge in [-0.1, -0.05) is 36.4 Å². The van der Waals surface area contributed by atoms with Crippen molar-refractivity contribution in [3.63, 3.8) is 0 Å². The van der Waals surface area contributed by atoms with Crippen molar-refractivity contribution >= 4 is 40.7 Å². The predicted octanol–water partition coefficient (Wildman–Crippen LogP) is 1.57. The van der Waals surface area contributed by atoms with Gasteiger partial charge in [0.2, 0.25) is 0 Å². The zero-order valence-corrected chi connectivity index (χ0v) is 21.6. The van der Waals surface area contributed by atoms with Gasteiger partial charge < -0.3 is 24.7 Å². The molecule has 0 amide bonds. The van der Waals surface area contributed by atoms with Crippen molar-refractivity contribution < 1.29 is 28.5 Å². The number of hydrogen-bond acceptors (Lipinski definition) is 9. The van der Waals surface area contributed by atoms with Crippen molar-refractivity contribution in [1.82, 2.24) is 4.57 Å². The average molecular weight is 523 g/mol. The first-order valence-electron chi connectivity index (χ1n) is 11.4. The molecule has 192 valence electrons. The van der Waals surface area contributed by atoms with Crippen LogP contribution in [0.4, 0.5) is 0 Å². The lowest BCUT2D eigenvalue weighted by Gasteiger charge is -2.27. The van der Waals surface area contributed by atoms with Gasteiger partial charge in [0.15, 0.2) is 0 Å². The summed E-state index contributed by atoms with van der Waals surface area (Å²) >= 11 is 1.06. The van der Waals surface area contributed by atoms with Crippen LogP contribution in [0.3, 0.4) is 0 Å². The lowest BCUT2D eigenvalue weighted by atomic mass is 9.82. The summed E-state index contributed by atoms with van der Waals surface area (Å²) in [6.07, 6.45) is 1.65. The summed E-state index contributed by atoms with van der Waals surface area (Å²) in [7, 11) is 4.25. The molecule has 9 nitrogen and oxygen atoms in total. The van der Waals surface area contributed by atoms with Gasteiger partial charge in [-0.05, 0) is 25.1 Å². The molecule has 0 aliphatic carbocycles. The number of ether oxygens (including phenoxy) is 4. The van der Waals surface area contributed by atoms with E-state index in [0.29, 0.717) is 22.6 Å². The van der Waals surface area contributed by atoms with Gasteiger partial charge in [-0.25, -0.2) is 9.59 Å². The molecule has 0 saturated carbocycles. The molecule has 37 heavy (non-hydrogen) atoms. The monoisotopic (exact) mass is 522 g/mol. The number of hydrogen-bond donors (Lipinski definition) is 1. The Balaban J connectivity index is 2.15. The van der Waals surface area contributed by atoms with Crippen LogP contribution in [0.5, 0.6) is 11.5 Å². The molecule has 10 heteroatoms. The van der Waals surface area contributed by atoms with Crippen LogP contribution in [0.25, 0.3) is 17.5 Å². The van der Waals surface area contributed by atoms with Crippen molar-refractivity contribution in [2.24, 2.45) is 5.73 Å². The fourth-order valence-corrected chi connectivity index (χ4v) is 5.46. The van der Waals surface area contributed by atoms with E-state index in [-0.39, 0.29) is 32.8 Å². The van der Waals surface area contributed by atoms with Crippen molar-refractivity contribution in [1.29, 1.82) is 0 Å². The van der Waals surface area contributed by atoms with Gasteiger partial charge in [-0.15, -0.1) is 11.3 Å². The number of para-hydroxylation sites is 2. The summed E-state index contributed by atoms with van der Waals surface area (Å²) in [5.74, 6) is -1.60. The second-order valence-electron chi connectivity index (χ2n) is 7.90.